The molecular weight excluding hydrogens is 1830 g/mol. The van der Waals surface area contributed by atoms with Gasteiger partial charge in [0.1, 0.15) is 33.4 Å². The number of nitrogen functional groups attached to an aromatic ring is 6. The van der Waals surface area contributed by atoms with Crippen LogP contribution in [0.25, 0.3) is 0 Å². The molecule has 132 heavy (non-hydrogen) atoms. The molecule has 12 aromatic carbocycles. The second-order valence-electron chi connectivity index (χ2n) is 28.1. The van der Waals surface area contributed by atoms with E-state index in [1.807, 2.05) is 41.5 Å². The predicted octanol–water partition coefficient (Wildman–Crippen LogP) is 13.0. The van der Waals surface area contributed by atoms with Crippen molar-refractivity contribution in [2.45, 2.75) is 70.9 Å². The average molecular weight is 1920 g/mol. The van der Waals surface area contributed by atoms with Crippen molar-refractivity contribution >= 4 is 164 Å². The molecule has 0 fully saturated rings. The molecule has 0 aliphatic rings. The summed E-state index contributed by atoms with van der Waals surface area (Å²) in [6, 6.07) is 65.1. The van der Waals surface area contributed by atoms with Crippen molar-refractivity contribution in [2.24, 2.45) is 0 Å². The number of aryl methyl sites for hydroxylation is 6. The Morgan fingerprint density at radius 3 is 0.394 bits per heavy atom. The minimum Gasteiger partial charge on any atom is -0.465 e. The number of sulfonamides is 6. The van der Waals surface area contributed by atoms with Gasteiger partial charge in [-0.15, -0.1) is 0 Å². The van der Waals surface area contributed by atoms with Crippen LogP contribution in [0.15, 0.2) is 284 Å². The quantitative estimate of drug-likeness (QED) is 0.0152. The number of nitrogens with two attached hydrogens (primary N) is 6. The number of ether oxygens (including phenoxy) is 6. The number of rotatable bonds is 24. The van der Waals surface area contributed by atoms with Crippen molar-refractivity contribution in [3.05, 3.63) is 322 Å². The van der Waals surface area contributed by atoms with E-state index in [2.05, 4.69) is 56.8 Å². The van der Waals surface area contributed by atoms with E-state index in [1.165, 1.54) is 188 Å². The molecule has 12 aromatic rings. The summed E-state index contributed by atoms with van der Waals surface area (Å²) in [4.78, 5) is 71.3. The lowest BCUT2D eigenvalue weighted by Crippen LogP contribution is -2.17. The lowest BCUT2D eigenvalue weighted by molar-refractivity contribution is 0.0594. The second-order valence-corrected chi connectivity index (χ2v) is 38.2. The van der Waals surface area contributed by atoms with Crippen LogP contribution in [0.2, 0.25) is 0 Å². The van der Waals surface area contributed by atoms with E-state index in [-0.39, 0.29) is 131 Å². The number of carbonyl (C=O) groups is 6. The van der Waals surface area contributed by atoms with E-state index in [1.54, 1.807) is 109 Å². The van der Waals surface area contributed by atoms with Crippen LogP contribution in [-0.4, -0.2) is 129 Å². The van der Waals surface area contributed by atoms with Gasteiger partial charge in [0.2, 0.25) is 0 Å². The lowest BCUT2D eigenvalue weighted by Gasteiger charge is -2.13. The van der Waals surface area contributed by atoms with Gasteiger partial charge < -0.3 is 62.8 Å². The molecule has 0 heterocycles. The van der Waals surface area contributed by atoms with Crippen molar-refractivity contribution in [2.75, 3.05) is 105 Å². The highest BCUT2D eigenvalue weighted by molar-refractivity contribution is 7.94. The Hall–Kier alpha value is -15.2. The van der Waals surface area contributed by atoms with Gasteiger partial charge in [-0.3, -0.25) is 28.3 Å². The van der Waals surface area contributed by atoms with Crippen LogP contribution in [0.1, 0.15) is 95.5 Å². The second kappa shape index (κ2) is 45.6. The van der Waals surface area contributed by atoms with E-state index < -0.39 is 96.0 Å². The minimum atomic E-state index is -3.82. The summed E-state index contributed by atoms with van der Waals surface area (Å²) in [5, 5.41) is 0. The fourth-order valence-corrected chi connectivity index (χ4v) is 17.9. The molecule has 36 nitrogen and oxygen atoms in total. The number of anilines is 12. The molecule has 0 saturated carbocycles. The van der Waals surface area contributed by atoms with Gasteiger partial charge in [0.15, 0.2) is 0 Å². The Balaban J connectivity index is 0.000000216. The van der Waals surface area contributed by atoms with Crippen LogP contribution in [-0.2, 0) is 88.6 Å². The van der Waals surface area contributed by atoms with Crippen molar-refractivity contribution in [3.63, 3.8) is 0 Å². The van der Waals surface area contributed by atoms with Crippen LogP contribution in [0.5, 0.6) is 0 Å². The van der Waals surface area contributed by atoms with Crippen LogP contribution >= 0.6 is 0 Å². The molecule has 0 amide bonds. The van der Waals surface area contributed by atoms with Gasteiger partial charge in [-0.1, -0.05) is 143 Å². The largest absolute Gasteiger partial charge is 0.465 e. The molecular formula is C90H96N12O24S6. The third-order valence-electron chi connectivity index (χ3n) is 18.4. The zero-order chi connectivity index (χ0) is 98.0. The molecule has 0 spiro atoms. The number of nitrogens with one attached hydrogen (secondary N) is 6. The molecule has 42 heteroatoms. The molecule has 0 unspecified atom stereocenters. The smallest absolute Gasteiger partial charge is 0.342 e. The summed E-state index contributed by atoms with van der Waals surface area (Å²) >= 11 is 0. The van der Waals surface area contributed by atoms with Crippen LogP contribution in [0.4, 0.5) is 68.2 Å². The lowest BCUT2D eigenvalue weighted by atomic mass is 10.1. The monoisotopic (exact) mass is 1920 g/mol. The first-order chi connectivity index (χ1) is 62.1. The van der Waals surface area contributed by atoms with Crippen LogP contribution in [0.3, 0.4) is 0 Å². The maximum Gasteiger partial charge on any atom is 0.342 e. The summed E-state index contributed by atoms with van der Waals surface area (Å²) in [5.41, 5.74) is 41.3. The average Bonchev–Trinajstić information content (AvgIpc) is 0.823. The third kappa shape index (κ3) is 27.9. The summed E-state index contributed by atoms with van der Waals surface area (Å²) in [7, 11) is -15.7. The normalized spacial score (nSPS) is 11.0. The molecule has 0 atom stereocenters. The molecule has 12 rings (SSSR count). The predicted molar refractivity (Wildman–Crippen MR) is 505 cm³/mol. The number of hydrogen-bond donors (Lipinski definition) is 12. The minimum absolute atomic E-state index is 0.0133. The first-order valence-electron chi connectivity index (χ1n) is 38.5. The van der Waals surface area contributed by atoms with E-state index in [0.29, 0.717) is 0 Å². The highest BCUT2D eigenvalue weighted by Gasteiger charge is 2.29. The fourth-order valence-electron chi connectivity index (χ4n) is 11.4. The maximum absolute atomic E-state index is 12.4. The molecule has 696 valence electrons. The molecule has 0 aliphatic carbocycles. The first kappa shape index (κ1) is 104. The van der Waals surface area contributed by atoms with Crippen molar-refractivity contribution in [1.82, 2.24) is 0 Å². The standard InChI is InChI=1S/6C15H16N2O4S/c6*1-10-6-8-11(9-7-10)22(19,20)17-13-5-3-4-12(16)14(13)15(18)21-2/h6*3-9,17H,16H2,1-2H3. The molecule has 0 saturated heterocycles. The van der Waals surface area contributed by atoms with Crippen LogP contribution in [0, 0.1) is 41.5 Å². The van der Waals surface area contributed by atoms with Crippen LogP contribution < -0.4 is 62.7 Å². The zero-order valence-electron chi connectivity index (χ0n) is 73.0. The van der Waals surface area contributed by atoms with Gasteiger partial charge in [-0.25, -0.2) is 79.3 Å². The Kier molecular flexibility index (Phi) is 35.9. The van der Waals surface area contributed by atoms with Crippen molar-refractivity contribution < 1.29 is 108 Å². The van der Waals surface area contributed by atoms with Gasteiger partial charge in [0.05, 0.1) is 106 Å². The maximum atomic E-state index is 12.4. The Labute approximate surface area is 764 Å². The molecule has 0 bridgehead atoms. The molecule has 0 aliphatic heterocycles. The van der Waals surface area contributed by atoms with Gasteiger partial charge >= 0.3 is 35.8 Å². The number of hydrogen-bond acceptors (Lipinski definition) is 30. The summed E-state index contributed by atoms with van der Waals surface area (Å²) < 4.78 is 191. The highest BCUT2D eigenvalue weighted by atomic mass is 32.2. The van der Waals surface area contributed by atoms with E-state index in [4.69, 9.17) is 34.4 Å². The Morgan fingerprint density at radius 1 is 0.189 bits per heavy atom. The topological polar surface area (TPSA) is 591 Å². The summed E-state index contributed by atoms with van der Waals surface area (Å²) in [5.74, 6) is -4.25. The van der Waals surface area contributed by atoms with E-state index in [9.17, 15) is 79.3 Å². The third-order valence-corrected chi connectivity index (χ3v) is 26.7. The Bertz CT molecular complexity index is 5870. The van der Waals surface area contributed by atoms with Gasteiger partial charge in [-0.2, -0.15) is 0 Å². The van der Waals surface area contributed by atoms with Gasteiger partial charge in [-0.05, 0) is 187 Å². The number of esters is 6. The van der Waals surface area contributed by atoms with Gasteiger partial charge in [0.25, 0.3) is 60.1 Å². The van der Waals surface area contributed by atoms with E-state index in [0.717, 1.165) is 33.4 Å². The molecule has 0 aromatic heterocycles. The van der Waals surface area contributed by atoms with Crippen molar-refractivity contribution in [1.29, 1.82) is 0 Å². The van der Waals surface area contributed by atoms with Crippen molar-refractivity contribution in [3.8, 4) is 0 Å². The van der Waals surface area contributed by atoms with Gasteiger partial charge in [0, 0.05) is 34.1 Å². The first-order valence-corrected chi connectivity index (χ1v) is 47.4. The zero-order valence-corrected chi connectivity index (χ0v) is 77.9. The molecule has 0 radical (unpaired) electrons. The summed E-state index contributed by atoms with van der Waals surface area (Å²) in [6.07, 6.45) is 0. The van der Waals surface area contributed by atoms with E-state index >= 15 is 0 Å². The Morgan fingerprint density at radius 2 is 0.295 bits per heavy atom. The number of carbonyl (C=O) groups excluding carboxylic acids is 6. The highest BCUT2D eigenvalue weighted by Crippen LogP contribution is 2.33. The summed E-state index contributed by atoms with van der Waals surface area (Å²) in [6.45, 7) is 11.1. The molecule has 18 N–H and O–H groups in total. The number of benzene rings is 12. The SMILES string of the molecule is COC(=O)c1c(N)cccc1NS(=O)(=O)c1ccc(C)cc1.COC(=O)c1c(N)cccc1NS(=O)(=O)c1ccc(C)cc1.COC(=O)c1c(N)cccc1NS(=O)(=O)c1ccc(C)cc1.COC(=O)c1c(N)cccc1NS(=O)(=O)c1ccc(C)cc1.COC(=O)c1c(N)cccc1NS(=O)(=O)c1ccc(C)cc1.COC(=O)c1c(N)cccc1NS(=O)(=O)c1ccc(C)cc1. The number of methoxy groups -OCH3 is 6. The fraction of sp³-hybridized carbons (Fsp3) is 0.133.